The molecule has 1 unspecified atom stereocenters. The first-order valence-corrected chi connectivity index (χ1v) is 6.73. The largest absolute Gasteiger partial charge is 0.377 e. The van der Waals surface area contributed by atoms with Crippen molar-refractivity contribution in [1.82, 2.24) is 5.32 Å². The van der Waals surface area contributed by atoms with Crippen molar-refractivity contribution in [2.45, 2.75) is 64.0 Å². The minimum Gasteiger partial charge on any atom is -0.377 e. The van der Waals surface area contributed by atoms with Gasteiger partial charge in [0, 0.05) is 19.2 Å². The van der Waals surface area contributed by atoms with Gasteiger partial charge in [-0.05, 0) is 38.0 Å². The standard InChI is InChI=1S/C13H25NO/c1-2-13(9-14-12-7-8-12)15-10-11-5-3-4-6-11/h11-14H,2-10H2,1H3. The molecule has 88 valence electrons. The van der Waals surface area contributed by atoms with Crippen molar-refractivity contribution in [3.8, 4) is 0 Å². The number of hydrogen-bond acceptors (Lipinski definition) is 2. The molecule has 0 spiro atoms. The molecular weight excluding hydrogens is 186 g/mol. The molecule has 2 saturated carbocycles. The van der Waals surface area contributed by atoms with Gasteiger partial charge in [-0.25, -0.2) is 0 Å². The van der Waals surface area contributed by atoms with E-state index in [2.05, 4.69) is 12.2 Å². The Morgan fingerprint density at radius 1 is 1.20 bits per heavy atom. The quantitative estimate of drug-likeness (QED) is 0.699. The third kappa shape index (κ3) is 4.12. The Morgan fingerprint density at radius 2 is 1.93 bits per heavy atom. The van der Waals surface area contributed by atoms with E-state index in [4.69, 9.17) is 4.74 Å². The first-order valence-electron chi connectivity index (χ1n) is 6.73. The summed E-state index contributed by atoms with van der Waals surface area (Å²) >= 11 is 0. The van der Waals surface area contributed by atoms with Crippen LogP contribution in [0.3, 0.4) is 0 Å². The van der Waals surface area contributed by atoms with Crippen molar-refractivity contribution in [1.29, 1.82) is 0 Å². The second-order valence-electron chi connectivity index (χ2n) is 5.20. The molecule has 2 aliphatic rings. The Kier molecular flexibility index (Phi) is 4.45. The fraction of sp³-hybridized carbons (Fsp3) is 1.00. The molecule has 2 heteroatoms. The lowest BCUT2D eigenvalue weighted by molar-refractivity contribution is 0.0283. The topological polar surface area (TPSA) is 21.3 Å². The predicted octanol–water partition coefficient (Wildman–Crippen LogP) is 2.72. The summed E-state index contributed by atoms with van der Waals surface area (Å²) in [7, 11) is 0. The van der Waals surface area contributed by atoms with Crippen LogP contribution in [0.4, 0.5) is 0 Å². The molecule has 0 aromatic heterocycles. The van der Waals surface area contributed by atoms with Gasteiger partial charge < -0.3 is 10.1 Å². The van der Waals surface area contributed by atoms with Crippen molar-refractivity contribution in [3.63, 3.8) is 0 Å². The molecule has 0 amide bonds. The highest BCUT2D eigenvalue weighted by Gasteiger charge is 2.22. The summed E-state index contributed by atoms with van der Waals surface area (Å²) in [5.74, 6) is 0.861. The monoisotopic (exact) mass is 211 g/mol. The Hall–Kier alpha value is -0.0800. The maximum atomic E-state index is 5.99. The van der Waals surface area contributed by atoms with Crippen molar-refractivity contribution >= 4 is 0 Å². The third-order valence-electron chi connectivity index (χ3n) is 3.71. The Morgan fingerprint density at radius 3 is 2.53 bits per heavy atom. The molecule has 15 heavy (non-hydrogen) atoms. The highest BCUT2D eigenvalue weighted by Crippen LogP contribution is 2.25. The summed E-state index contributed by atoms with van der Waals surface area (Å²) < 4.78 is 5.99. The van der Waals surface area contributed by atoms with Crippen LogP contribution in [0.1, 0.15) is 51.9 Å². The van der Waals surface area contributed by atoms with Gasteiger partial charge in [0.25, 0.3) is 0 Å². The van der Waals surface area contributed by atoms with Gasteiger partial charge in [0.2, 0.25) is 0 Å². The first kappa shape index (κ1) is 11.4. The summed E-state index contributed by atoms with van der Waals surface area (Å²) in [5, 5.41) is 3.56. The number of ether oxygens (including phenoxy) is 1. The minimum absolute atomic E-state index is 0.450. The molecule has 0 bridgehead atoms. The molecule has 0 saturated heterocycles. The molecule has 0 aromatic carbocycles. The lowest BCUT2D eigenvalue weighted by Gasteiger charge is -2.19. The van der Waals surface area contributed by atoms with Crippen molar-refractivity contribution in [3.05, 3.63) is 0 Å². The van der Waals surface area contributed by atoms with Crippen LogP contribution < -0.4 is 5.32 Å². The van der Waals surface area contributed by atoms with Crippen LogP contribution in [0.15, 0.2) is 0 Å². The molecule has 0 aromatic rings. The Balaban J connectivity index is 1.56. The van der Waals surface area contributed by atoms with Crippen molar-refractivity contribution < 1.29 is 4.74 Å². The highest BCUT2D eigenvalue weighted by molar-refractivity contribution is 4.82. The second kappa shape index (κ2) is 5.86. The number of hydrogen-bond donors (Lipinski definition) is 1. The van der Waals surface area contributed by atoms with Gasteiger partial charge in [-0.2, -0.15) is 0 Å². The average Bonchev–Trinajstić information content (AvgIpc) is 2.94. The van der Waals surface area contributed by atoms with Crippen LogP contribution in [0.2, 0.25) is 0 Å². The summed E-state index contributed by atoms with van der Waals surface area (Å²) in [5.41, 5.74) is 0. The number of rotatable bonds is 7. The fourth-order valence-corrected chi connectivity index (χ4v) is 2.36. The van der Waals surface area contributed by atoms with Crippen LogP contribution in [0.5, 0.6) is 0 Å². The van der Waals surface area contributed by atoms with Gasteiger partial charge in [0.05, 0.1) is 6.10 Å². The molecule has 0 heterocycles. The van der Waals surface area contributed by atoms with Gasteiger partial charge in [-0.15, -0.1) is 0 Å². The van der Waals surface area contributed by atoms with Crippen molar-refractivity contribution in [2.75, 3.05) is 13.2 Å². The van der Waals surface area contributed by atoms with E-state index >= 15 is 0 Å². The van der Waals surface area contributed by atoms with Crippen LogP contribution in [0.25, 0.3) is 0 Å². The zero-order valence-electron chi connectivity index (χ0n) is 10.0. The first-order chi connectivity index (χ1) is 7.38. The van der Waals surface area contributed by atoms with E-state index in [1.54, 1.807) is 0 Å². The lowest BCUT2D eigenvalue weighted by Crippen LogP contribution is -2.31. The molecule has 2 fully saturated rings. The zero-order chi connectivity index (χ0) is 10.5. The molecule has 2 aliphatic carbocycles. The fourth-order valence-electron chi connectivity index (χ4n) is 2.36. The summed E-state index contributed by atoms with van der Waals surface area (Å²) in [6.07, 6.45) is 9.98. The molecule has 2 nitrogen and oxygen atoms in total. The highest BCUT2D eigenvalue weighted by atomic mass is 16.5. The van der Waals surface area contributed by atoms with E-state index in [9.17, 15) is 0 Å². The van der Waals surface area contributed by atoms with Gasteiger partial charge >= 0.3 is 0 Å². The van der Waals surface area contributed by atoms with E-state index in [0.29, 0.717) is 6.10 Å². The minimum atomic E-state index is 0.450. The Bertz CT molecular complexity index is 173. The van der Waals surface area contributed by atoms with Crippen LogP contribution in [0, 0.1) is 5.92 Å². The molecule has 1 atom stereocenters. The van der Waals surface area contributed by atoms with Gasteiger partial charge in [0.1, 0.15) is 0 Å². The smallest absolute Gasteiger partial charge is 0.0697 e. The van der Waals surface area contributed by atoms with Crippen LogP contribution >= 0.6 is 0 Å². The normalized spacial score (nSPS) is 24.6. The van der Waals surface area contributed by atoms with Crippen LogP contribution in [-0.4, -0.2) is 25.3 Å². The Labute approximate surface area is 93.8 Å². The van der Waals surface area contributed by atoms with E-state index in [0.717, 1.165) is 31.5 Å². The van der Waals surface area contributed by atoms with E-state index < -0.39 is 0 Å². The zero-order valence-corrected chi connectivity index (χ0v) is 10.0. The maximum Gasteiger partial charge on any atom is 0.0697 e. The summed E-state index contributed by atoms with van der Waals surface area (Å²) in [6.45, 7) is 4.30. The van der Waals surface area contributed by atoms with E-state index in [1.807, 2.05) is 0 Å². The molecule has 0 radical (unpaired) electrons. The molecule has 1 N–H and O–H groups in total. The predicted molar refractivity (Wildman–Crippen MR) is 63.0 cm³/mol. The van der Waals surface area contributed by atoms with Crippen molar-refractivity contribution in [2.24, 2.45) is 5.92 Å². The number of nitrogens with one attached hydrogen (secondary N) is 1. The summed E-state index contributed by atoms with van der Waals surface area (Å²) in [4.78, 5) is 0. The van der Waals surface area contributed by atoms with E-state index in [-0.39, 0.29) is 0 Å². The average molecular weight is 211 g/mol. The third-order valence-corrected chi connectivity index (χ3v) is 3.71. The van der Waals surface area contributed by atoms with Gasteiger partial charge in [-0.3, -0.25) is 0 Å². The maximum absolute atomic E-state index is 5.99. The van der Waals surface area contributed by atoms with Gasteiger partial charge in [0.15, 0.2) is 0 Å². The summed E-state index contributed by atoms with van der Waals surface area (Å²) in [6, 6.07) is 0.814. The molecular formula is C13H25NO. The van der Waals surface area contributed by atoms with Crippen LogP contribution in [-0.2, 0) is 4.74 Å². The molecule has 2 rings (SSSR count). The second-order valence-corrected chi connectivity index (χ2v) is 5.20. The van der Waals surface area contributed by atoms with Gasteiger partial charge in [-0.1, -0.05) is 19.8 Å². The SMILES string of the molecule is CCC(CNC1CC1)OCC1CCCC1. The lowest BCUT2D eigenvalue weighted by atomic mass is 10.1. The molecule has 0 aliphatic heterocycles. The van der Waals surface area contributed by atoms with E-state index in [1.165, 1.54) is 38.5 Å².